The van der Waals surface area contributed by atoms with Gasteiger partial charge >= 0.3 is 0 Å². The second kappa shape index (κ2) is 6.75. The Morgan fingerprint density at radius 3 is 2.78 bits per heavy atom. The third-order valence-electron chi connectivity index (χ3n) is 3.88. The van der Waals surface area contributed by atoms with Gasteiger partial charge in [0.15, 0.2) is 0 Å². The number of benzene rings is 1. The van der Waals surface area contributed by atoms with E-state index in [1.54, 1.807) is 23.2 Å². The van der Waals surface area contributed by atoms with Crippen LogP contribution in [0.4, 0.5) is 0 Å². The Hall–Kier alpha value is -2.47. The highest BCUT2D eigenvalue weighted by Gasteiger charge is 2.32. The molecule has 2 N–H and O–H groups in total. The number of rotatable bonds is 4. The fourth-order valence-electron chi connectivity index (χ4n) is 2.67. The summed E-state index contributed by atoms with van der Waals surface area (Å²) in [6.45, 7) is 1.21. The first-order valence-electron chi connectivity index (χ1n) is 7.46. The summed E-state index contributed by atoms with van der Waals surface area (Å²) in [5.41, 5.74) is 1.47. The van der Waals surface area contributed by atoms with E-state index in [2.05, 4.69) is 10.3 Å². The maximum Gasteiger partial charge on any atom is 0.254 e. The smallest absolute Gasteiger partial charge is 0.254 e. The normalized spacial score (nSPS) is 17.3. The van der Waals surface area contributed by atoms with E-state index in [0.717, 1.165) is 5.56 Å². The van der Waals surface area contributed by atoms with Crippen LogP contribution in [0, 0.1) is 4.64 Å². The van der Waals surface area contributed by atoms with Crippen molar-refractivity contribution < 1.29 is 9.59 Å². The minimum Gasteiger partial charge on any atom is -0.352 e. The summed E-state index contributed by atoms with van der Waals surface area (Å²) in [4.78, 5) is 29.3. The number of aromatic amines is 1. The maximum atomic E-state index is 12.4. The van der Waals surface area contributed by atoms with Gasteiger partial charge in [0.1, 0.15) is 10.7 Å². The lowest BCUT2D eigenvalue weighted by Crippen LogP contribution is -2.41. The summed E-state index contributed by atoms with van der Waals surface area (Å²) in [5.74, 6) is -0.361. The van der Waals surface area contributed by atoms with Crippen LogP contribution in [0.2, 0.25) is 0 Å². The average molecular weight is 327 g/mol. The van der Waals surface area contributed by atoms with Gasteiger partial charge in [0.05, 0.1) is 5.56 Å². The molecule has 0 spiro atoms. The monoisotopic (exact) mass is 327 g/mol. The molecule has 23 heavy (non-hydrogen) atoms. The van der Waals surface area contributed by atoms with Gasteiger partial charge in [0.2, 0.25) is 5.91 Å². The standard InChI is InChI=1S/C17H17N3O2S/c21-15(13-7-4-9-18-16(13)23)19-14-8-10-20(17(14)22)11-12-5-2-1-3-6-12/h1-7,9,14H,8,10-11H2,(H,18,23)(H,19,21)/t14-/m0/s1. The molecule has 1 fully saturated rings. The summed E-state index contributed by atoms with van der Waals surface area (Å²) in [7, 11) is 0. The number of H-pyrrole nitrogens is 1. The van der Waals surface area contributed by atoms with E-state index in [4.69, 9.17) is 12.2 Å². The van der Waals surface area contributed by atoms with Crippen LogP contribution in [0.25, 0.3) is 0 Å². The molecule has 2 amide bonds. The number of amides is 2. The van der Waals surface area contributed by atoms with Gasteiger partial charge in [-0.3, -0.25) is 9.59 Å². The van der Waals surface area contributed by atoms with Crippen LogP contribution in [0.15, 0.2) is 48.7 Å². The molecule has 1 aromatic heterocycles. The van der Waals surface area contributed by atoms with Crippen LogP contribution in [0.5, 0.6) is 0 Å². The Labute approximate surface area is 139 Å². The van der Waals surface area contributed by atoms with Crippen LogP contribution < -0.4 is 5.32 Å². The number of nitrogens with zero attached hydrogens (tertiary/aromatic N) is 1. The minimum atomic E-state index is -0.485. The zero-order valence-corrected chi connectivity index (χ0v) is 13.3. The van der Waals surface area contributed by atoms with Gasteiger partial charge in [0.25, 0.3) is 5.91 Å². The zero-order valence-electron chi connectivity index (χ0n) is 12.5. The van der Waals surface area contributed by atoms with Crippen molar-refractivity contribution in [3.63, 3.8) is 0 Å². The van der Waals surface area contributed by atoms with E-state index < -0.39 is 6.04 Å². The minimum absolute atomic E-state index is 0.0481. The summed E-state index contributed by atoms with van der Waals surface area (Å²) < 4.78 is 0.372. The van der Waals surface area contributed by atoms with E-state index in [9.17, 15) is 9.59 Å². The van der Waals surface area contributed by atoms with Crippen molar-refractivity contribution in [2.75, 3.05) is 6.54 Å². The molecule has 0 saturated carbocycles. The first-order valence-corrected chi connectivity index (χ1v) is 7.87. The van der Waals surface area contributed by atoms with Gasteiger partial charge in [-0.15, -0.1) is 0 Å². The molecule has 1 aromatic carbocycles. The number of hydrogen-bond acceptors (Lipinski definition) is 3. The molecule has 0 bridgehead atoms. The Morgan fingerprint density at radius 2 is 2.04 bits per heavy atom. The van der Waals surface area contributed by atoms with Gasteiger partial charge in [-0.25, -0.2) is 0 Å². The van der Waals surface area contributed by atoms with Gasteiger partial charge in [0, 0.05) is 19.3 Å². The SMILES string of the molecule is O=C(N[C@H]1CCN(Cc2ccccc2)C1=O)c1ccc[nH]c1=S. The van der Waals surface area contributed by atoms with Gasteiger partial charge in [-0.2, -0.15) is 0 Å². The summed E-state index contributed by atoms with van der Waals surface area (Å²) in [6.07, 6.45) is 2.28. The largest absolute Gasteiger partial charge is 0.352 e. The molecule has 0 radical (unpaired) electrons. The van der Waals surface area contributed by atoms with Crippen LogP contribution in [0.3, 0.4) is 0 Å². The van der Waals surface area contributed by atoms with E-state index in [1.807, 2.05) is 30.3 Å². The number of likely N-dealkylation sites (tertiary alicyclic amines) is 1. The van der Waals surface area contributed by atoms with E-state index in [-0.39, 0.29) is 11.8 Å². The number of pyridine rings is 1. The average Bonchev–Trinajstić information content (AvgIpc) is 2.89. The second-order valence-electron chi connectivity index (χ2n) is 5.47. The highest BCUT2D eigenvalue weighted by Crippen LogP contribution is 2.15. The summed E-state index contributed by atoms with van der Waals surface area (Å²) >= 11 is 5.10. The predicted molar refractivity (Wildman–Crippen MR) is 89.4 cm³/mol. The molecule has 2 heterocycles. The van der Waals surface area contributed by atoms with Gasteiger partial charge in [-0.1, -0.05) is 42.5 Å². The van der Waals surface area contributed by atoms with Crippen molar-refractivity contribution >= 4 is 24.0 Å². The Kier molecular flexibility index (Phi) is 4.52. The number of nitrogens with one attached hydrogen (secondary N) is 2. The predicted octanol–water partition coefficient (Wildman–Crippen LogP) is 2.28. The fraction of sp³-hybridized carbons (Fsp3) is 0.235. The Morgan fingerprint density at radius 1 is 1.26 bits per heavy atom. The number of carbonyl (C=O) groups excluding carboxylic acids is 2. The number of aromatic nitrogens is 1. The van der Waals surface area contributed by atoms with E-state index in [0.29, 0.717) is 29.7 Å². The second-order valence-corrected chi connectivity index (χ2v) is 5.88. The molecule has 1 saturated heterocycles. The molecule has 0 aliphatic carbocycles. The number of hydrogen-bond donors (Lipinski definition) is 2. The van der Waals surface area contributed by atoms with Crippen molar-refractivity contribution in [2.45, 2.75) is 19.0 Å². The molecule has 0 unspecified atom stereocenters. The van der Waals surface area contributed by atoms with Gasteiger partial charge in [-0.05, 0) is 24.1 Å². The lowest BCUT2D eigenvalue weighted by molar-refractivity contribution is -0.129. The van der Waals surface area contributed by atoms with Crippen LogP contribution in [-0.2, 0) is 11.3 Å². The highest BCUT2D eigenvalue weighted by molar-refractivity contribution is 7.71. The van der Waals surface area contributed by atoms with Crippen molar-refractivity contribution in [3.05, 3.63) is 64.4 Å². The molecule has 2 aromatic rings. The highest BCUT2D eigenvalue weighted by atomic mass is 32.1. The van der Waals surface area contributed by atoms with Crippen molar-refractivity contribution in [1.82, 2.24) is 15.2 Å². The third-order valence-corrected chi connectivity index (χ3v) is 4.22. The molecule has 1 aliphatic heterocycles. The van der Waals surface area contributed by atoms with Crippen LogP contribution in [0.1, 0.15) is 22.3 Å². The summed E-state index contributed by atoms with van der Waals surface area (Å²) in [5, 5.41) is 2.78. The molecule has 6 heteroatoms. The molecular weight excluding hydrogens is 310 g/mol. The first kappa shape index (κ1) is 15.4. The lowest BCUT2D eigenvalue weighted by atomic mass is 10.2. The Bertz CT molecular complexity index is 773. The molecule has 1 atom stereocenters. The van der Waals surface area contributed by atoms with Gasteiger partial charge < -0.3 is 15.2 Å². The molecular formula is C17H17N3O2S. The van der Waals surface area contributed by atoms with Crippen molar-refractivity contribution in [3.8, 4) is 0 Å². The van der Waals surface area contributed by atoms with E-state index >= 15 is 0 Å². The quantitative estimate of drug-likeness (QED) is 0.847. The number of carbonyl (C=O) groups is 2. The summed E-state index contributed by atoms with van der Waals surface area (Å²) in [6, 6.07) is 12.7. The Balaban J connectivity index is 1.64. The van der Waals surface area contributed by atoms with E-state index in [1.165, 1.54) is 0 Å². The van der Waals surface area contributed by atoms with Crippen molar-refractivity contribution in [2.24, 2.45) is 0 Å². The van der Waals surface area contributed by atoms with Crippen LogP contribution >= 0.6 is 12.2 Å². The zero-order chi connectivity index (χ0) is 16.2. The fourth-order valence-corrected chi connectivity index (χ4v) is 2.90. The molecule has 118 valence electrons. The first-order chi connectivity index (χ1) is 11.1. The molecule has 5 nitrogen and oxygen atoms in total. The maximum absolute atomic E-state index is 12.4. The van der Waals surface area contributed by atoms with Crippen LogP contribution in [-0.4, -0.2) is 34.3 Å². The van der Waals surface area contributed by atoms with Crippen molar-refractivity contribution in [1.29, 1.82) is 0 Å². The molecule has 3 rings (SSSR count). The third kappa shape index (κ3) is 3.48. The lowest BCUT2D eigenvalue weighted by Gasteiger charge is -2.17. The topological polar surface area (TPSA) is 65.2 Å². The molecule has 1 aliphatic rings.